The molecule has 106 valence electrons. The van der Waals surface area contributed by atoms with Crippen molar-refractivity contribution < 1.29 is 0 Å². The van der Waals surface area contributed by atoms with Gasteiger partial charge in [-0.1, -0.05) is 45.1 Å². The van der Waals surface area contributed by atoms with Gasteiger partial charge in [-0.25, -0.2) is 0 Å². The van der Waals surface area contributed by atoms with E-state index in [9.17, 15) is 0 Å². The maximum atomic E-state index is 4.50. The van der Waals surface area contributed by atoms with E-state index in [2.05, 4.69) is 36.4 Å². The summed E-state index contributed by atoms with van der Waals surface area (Å²) >= 11 is 0. The first-order valence-corrected chi connectivity index (χ1v) is 7.89. The third-order valence-corrected chi connectivity index (χ3v) is 4.74. The van der Waals surface area contributed by atoms with Crippen LogP contribution in [0, 0.1) is 5.92 Å². The summed E-state index contributed by atoms with van der Waals surface area (Å²) in [5, 5.41) is 3.50. The average Bonchev–Trinajstić information content (AvgIpc) is 2.49. The Morgan fingerprint density at radius 1 is 1.26 bits per heavy atom. The van der Waals surface area contributed by atoms with Crippen molar-refractivity contribution in [2.24, 2.45) is 5.92 Å². The van der Waals surface area contributed by atoms with Crippen LogP contribution in [0.3, 0.4) is 0 Å². The summed E-state index contributed by atoms with van der Waals surface area (Å²) < 4.78 is 0. The van der Waals surface area contributed by atoms with Crippen LogP contribution in [0.4, 0.5) is 0 Å². The third kappa shape index (κ3) is 4.31. The smallest absolute Gasteiger partial charge is 0.0447 e. The molecule has 19 heavy (non-hydrogen) atoms. The van der Waals surface area contributed by atoms with Gasteiger partial charge in [-0.15, -0.1) is 0 Å². The van der Waals surface area contributed by atoms with Crippen LogP contribution in [0.15, 0.2) is 24.4 Å². The number of hydrogen-bond acceptors (Lipinski definition) is 2. The Bertz CT molecular complexity index is 344. The van der Waals surface area contributed by atoms with Crippen LogP contribution in [0.2, 0.25) is 0 Å². The lowest BCUT2D eigenvalue weighted by atomic mass is 9.83. The fraction of sp³-hybridized carbons (Fsp3) is 0.706. The Morgan fingerprint density at radius 3 is 2.68 bits per heavy atom. The van der Waals surface area contributed by atoms with E-state index < -0.39 is 0 Å². The molecule has 0 amide bonds. The molecule has 0 saturated heterocycles. The fourth-order valence-corrected chi connectivity index (χ4v) is 3.39. The number of aromatic nitrogens is 1. The fourth-order valence-electron chi connectivity index (χ4n) is 3.39. The van der Waals surface area contributed by atoms with E-state index in [1.165, 1.54) is 50.6 Å². The summed E-state index contributed by atoms with van der Waals surface area (Å²) in [5.74, 6) is 1.47. The summed E-state index contributed by atoms with van der Waals surface area (Å²) in [6.07, 6.45) is 11.8. The van der Waals surface area contributed by atoms with Crippen LogP contribution >= 0.6 is 0 Å². The first-order valence-electron chi connectivity index (χ1n) is 7.89. The maximum absolute atomic E-state index is 4.50. The normalized spacial score (nSPS) is 20.1. The summed E-state index contributed by atoms with van der Waals surface area (Å²) in [7, 11) is 2.09. The molecule has 0 radical (unpaired) electrons. The minimum absolute atomic E-state index is 0.495. The molecule has 2 nitrogen and oxygen atoms in total. The molecule has 1 N–H and O–H groups in total. The highest BCUT2D eigenvalue weighted by molar-refractivity contribution is 5.11. The Morgan fingerprint density at radius 2 is 2.05 bits per heavy atom. The summed E-state index contributed by atoms with van der Waals surface area (Å²) in [6.45, 7) is 2.30. The van der Waals surface area contributed by atoms with Crippen molar-refractivity contribution in [1.82, 2.24) is 10.3 Å². The van der Waals surface area contributed by atoms with Crippen LogP contribution in [0.5, 0.6) is 0 Å². The second-order valence-corrected chi connectivity index (χ2v) is 6.02. The van der Waals surface area contributed by atoms with Gasteiger partial charge < -0.3 is 5.32 Å². The third-order valence-electron chi connectivity index (χ3n) is 4.74. The van der Waals surface area contributed by atoms with E-state index in [1.54, 1.807) is 0 Å². The molecular formula is C17H28N2. The zero-order valence-electron chi connectivity index (χ0n) is 12.4. The first kappa shape index (κ1) is 14.5. The van der Waals surface area contributed by atoms with Gasteiger partial charge in [0.05, 0.1) is 0 Å². The van der Waals surface area contributed by atoms with Gasteiger partial charge in [-0.2, -0.15) is 0 Å². The highest BCUT2D eigenvalue weighted by Gasteiger charge is 2.20. The lowest BCUT2D eigenvalue weighted by molar-refractivity contribution is 0.307. The Labute approximate surface area is 118 Å². The number of pyridine rings is 1. The van der Waals surface area contributed by atoms with E-state index in [0.717, 1.165) is 5.92 Å². The molecule has 1 heterocycles. The summed E-state index contributed by atoms with van der Waals surface area (Å²) in [4.78, 5) is 4.50. The Hall–Kier alpha value is -0.890. The van der Waals surface area contributed by atoms with Gasteiger partial charge in [0.15, 0.2) is 0 Å². The molecule has 2 atom stereocenters. The molecule has 0 bridgehead atoms. The van der Waals surface area contributed by atoms with Crippen molar-refractivity contribution in [2.45, 2.75) is 63.8 Å². The van der Waals surface area contributed by atoms with Crippen LogP contribution < -0.4 is 5.32 Å². The van der Waals surface area contributed by atoms with E-state index in [1.807, 2.05) is 12.3 Å². The van der Waals surface area contributed by atoms with Gasteiger partial charge in [0.1, 0.15) is 0 Å². The molecule has 1 saturated carbocycles. The highest BCUT2D eigenvalue weighted by atomic mass is 14.9. The van der Waals surface area contributed by atoms with E-state index >= 15 is 0 Å². The quantitative estimate of drug-likeness (QED) is 0.831. The molecule has 1 aromatic rings. The molecule has 2 heteroatoms. The van der Waals surface area contributed by atoms with Gasteiger partial charge in [0.2, 0.25) is 0 Å². The van der Waals surface area contributed by atoms with Crippen molar-refractivity contribution >= 4 is 0 Å². The van der Waals surface area contributed by atoms with Gasteiger partial charge in [0, 0.05) is 23.9 Å². The van der Waals surface area contributed by atoms with Crippen molar-refractivity contribution in [2.75, 3.05) is 7.05 Å². The molecule has 2 unspecified atom stereocenters. The standard InChI is InChI=1S/C17H28N2/c1-14(17-10-6-7-13-19-17)16(18-2)12-11-15-8-4-3-5-9-15/h6-7,10,13-16,18H,3-5,8-9,11-12H2,1-2H3. The predicted octanol–water partition coefficient (Wildman–Crippen LogP) is 4.13. The van der Waals surface area contributed by atoms with Crippen molar-refractivity contribution in [1.29, 1.82) is 0 Å². The summed E-state index contributed by atoms with van der Waals surface area (Å²) in [6, 6.07) is 6.78. The number of hydrogen-bond donors (Lipinski definition) is 1. The Kier molecular flexibility index (Phi) is 5.84. The topological polar surface area (TPSA) is 24.9 Å². The van der Waals surface area contributed by atoms with Gasteiger partial charge in [-0.05, 0) is 37.9 Å². The molecular weight excluding hydrogens is 232 g/mol. The van der Waals surface area contributed by atoms with Crippen LogP contribution in [0.1, 0.15) is 63.5 Å². The van der Waals surface area contributed by atoms with Crippen molar-refractivity contribution in [3.63, 3.8) is 0 Å². The van der Waals surface area contributed by atoms with E-state index in [0.29, 0.717) is 12.0 Å². The molecule has 1 aliphatic carbocycles. The largest absolute Gasteiger partial charge is 0.316 e. The lowest BCUT2D eigenvalue weighted by Crippen LogP contribution is -2.31. The second kappa shape index (κ2) is 7.64. The molecule has 1 fully saturated rings. The number of nitrogens with zero attached hydrogens (tertiary/aromatic N) is 1. The van der Waals surface area contributed by atoms with Crippen LogP contribution in [-0.2, 0) is 0 Å². The number of likely N-dealkylation sites (N-methyl/N-ethyl adjacent to an activating group) is 1. The molecule has 2 rings (SSSR count). The number of rotatable bonds is 6. The molecule has 0 spiro atoms. The van der Waals surface area contributed by atoms with Crippen molar-refractivity contribution in [3.8, 4) is 0 Å². The van der Waals surface area contributed by atoms with Crippen LogP contribution in [-0.4, -0.2) is 18.1 Å². The zero-order valence-corrected chi connectivity index (χ0v) is 12.4. The first-order chi connectivity index (χ1) is 9.31. The minimum atomic E-state index is 0.495. The number of nitrogens with one attached hydrogen (secondary N) is 1. The highest BCUT2D eigenvalue weighted by Crippen LogP contribution is 2.29. The van der Waals surface area contributed by atoms with Gasteiger partial charge in [0.25, 0.3) is 0 Å². The predicted molar refractivity (Wildman–Crippen MR) is 81.3 cm³/mol. The van der Waals surface area contributed by atoms with E-state index in [-0.39, 0.29) is 0 Å². The Balaban J connectivity index is 1.85. The molecule has 1 aromatic heterocycles. The SMILES string of the molecule is CNC(CCC1CCCCC1)C(C)c1ccccn1. The lowest BCUT2D eigenvalue weighted by Gasteiger charge is -2.27. The summed E-state index contributed by atoms with van der Waals surface area (Å²) in [5.41, 5.74) is 1.21. The van der Waals surface area contributed by atoms with Crippen LogP contribution in [0.25, 0.3) is 0 Å². The monoisotopic (exact) mass is 260 g/mol. The van der Waals surface area contributed by atoms with E-state index in [4.69, 9.17) is 0 Å². The molecule has 1 aliphatic rings. The minimum Gasteiger partial charge on any atom is -0.316 e. The molecule has 0 aromatic carbocycles. The second-order valence-electron chi connectivity index (χ2n) is 6.02. The maximum Gasteiger partial charge on any atom is 0.0447 e. The van der Waals surface area contributed by atoms with Crippen molar-refractivity contribution in [3.05, 3.63) is 30.1 Å². The van der Waals surface area contributed by atoms with Gasteiger partial charge >= 0.3 is 0 Å². The zero-order chi connectivity index (χ0) is 13.5. The van der Waals surface area contributed by atoms with Gasteiger partial charge in [-0.3, -0.25) is 4.98 Å². The molecule has 0 aliphatic heterocycles. The average molecular weight is 260 g/mol.